The maximum absolute atomic E-state index is 12.2. The van der Waals surface area contributed by atoms with Gasteiger partial charge in [0.25, 0.3) is 0 Å². The number of hydrogen-bond acceptors (Lipinski definition) is 5. The Morgan fingerprint density at radius 2 is 2.00 bits per heavy atom. The summed E-state index contributed by atoms with van der Waals surface area (Å²) in [6.07, 6.45) is 1.47. The average Bonchev–Trinajstić information content (AvgIpc) is 2.46. The summed E-state index contributed by atoms with van der Waals surface area (Å²) in [5.74, 6) is 0.256. The zero-order valence-corrected chi connectivity index (χ0v) is 12.6. The molecule has 1 rings (SSSR count). The SMILES string of the molecule is COCCCCNS(=O)(=O)c1cc(CO)ccc1OC. The van der Waals surface area contributed by atoms with E-state index in [1.165, 1.54) is 19.2 Å². The van der Waals surface area contributed by atoms with Crippen molar-refractivity contribution in [1.82, 2.24) is 4.72 Å². The summed E-state index contributed by atoms with van der Waals surface area (Å²) in [4.78, 5) is 0.0401. The minimum atomic E-state index is -3.65. The van der Waals surface area contributed by atoms with Crippen LogP contribution in [0.3, 0.4) is 0 Å². The van der Waals surface area contributed by atoms with E-state index < -0.39 is 10.0 Å². The second-order valence-corrected chi connectivity index (χ2v) is 5.98. The maximum atomic E-state index is 12.2. The van der Waals surface area contributed by atoms with Crippen LogP contribution in [-0.4, -0.2) is 40.9 Å². The van der Waals surface area contributed by atoms with Crippen molar-refractivity contribution in [2.45, 2.75) is 24.3 Å². The van der Waals surface area contributed by atoms with E-state index in [0.717, 1.165) is 6.42 Å². The third kappa shape index (κ3) is 4.75. The Kier molecular flexibility index (Phi) is 6.94. The molecule has 0 heterocycles. The fourth-order valence-corrected chi connectivity index (χ4v) is 2.98. The summed E-state index contributed by atoms with van der Waals surface area (Å²) < 4.78 is 36.9. The summed E-state index contributed by atoms with van der Waals surface area (Å²) in [5.41, 5.74) is 0.519. The van der Waals surface area contributed by atoms with Gasteiger partial charge in [-0.2, -0.15) is 0 Å². The Labute approximate surface area is 119 Å². The van der Waals surface area contributed by atoms with Gasteiger partial charge in [0.1, 0.15) is 10.6 Å². The molecule has 0 atom stereocenters. The number of hydrogen-bond donors (Lipinski definition) is 2. The van der Waals surface area contributed by atoms with E-state index in [0.29, 0.717) is 25.1 Å². The first-order valence-corrected chi connectivity index (χ1v) is 7.80. The van der Waals surface area contributed by atoms with E-state index in [4.69, 9.17) is 14.6 Å². The van der Waals surface area contributed by atoms with Gasteiger partial charge in [0.2, 0.25) is 10.0 Å². The van der Waals surface area contributed by atoms with E-state index in [-0.39, 0.29) is 17.3 Å². The lowest BCUT2D eigenvalue weighted by Gasteiger charge is -2.11. The number of nitrogens with one attached hydrogen (secondary N) is 1. The van der Waals surface area contributed by atoms with Crippen molar-refractivity contribution in [1.29, 1.82) is 0 Å². The number of aliphatic hydroxyl groups excluding tert-OH is 1. The second kappa shape index (κ2) is 8.21. The van der Waals surface area contributed by atoms with Gasteiger partial charge in [-0.1, -0.05) is 6.07 Å². The van der Waals surface area contributed by atoms with Gasteiger partial charge in [0.15, 0.2) is 0 Å². The first-order chi connectivity index (χ1) is 9.55. The molecule has 0 saturated carbocycles. The van der Waals surface area contributed by atoms with Crippen molar-refractivity contribution in [2.75, 3.05) is 27.4 Å². The third-order valence-electron chi connectivity index (χ3n) is 2.77. The molecule has 7 heteroatoms. The van der Waals surface area contributed by atoms with E-state index in [1.54, 1.807) is 13.2 Å². The molecule has 114 valence electrons. The van der Waals surface area contributed by atoms with Crippen LogP contribution in [0.15, 0.2) is 23.1 Å². The van der Waals surface area contributed by atoms with Crippen LogP contribution in [0.4, 0.5) is 0 Å². The van der Waals surface area contributed by atoms with Crippen molar-refractivity contribution in [3.63, 3.8) is 0 Å². The fraction of sp³-hybridized carbons (Fsp3) is 0.538. The predicted molar refractivity (Wildman–Crippen MR) is 75.2 cm³/mol. The molecule has 0 bridgehead atoms. The molecule has 0 aromatic heterocycles. The van der Waals surface area contributed by atoms with Crippen LogP contribution >= 0.6 is 0 Å². The third-order valence-corrected chi connectivity index (χ3v) is 4.25. The van der Waals surface area contributed by atoms with Gasteiger partial charge in [0.05, 0.1) is 13.7 Å². The van der Waals surface area contributed by atoms with Gasteiger partial charge in [-0.15, -0.1) is 0 Å². The lowest BCUT2D eigenvalue weighted by molar-refractivity contribution is 0.193. The van der Waals surface area contributed by atoms with E-state index in [9.17, 15) is 8.42 Å². The Morgan fingerprint density at radius 1 is 1.25 bits per heavy atom. The first kappa shape index (κ1) is 16.9. The molecule has 0 radical (unpaired) electrons. The summed E-state index contributed by atoms with van der Waals surface area (Å²) in [5, 5.41) is 9.09. The van der Waals surface area contributed by atoms with Crippen LogP contribution in [0.25, 0.3) is 0 Å². The standard InChI is InChI=1S/C13H21NO5S/c1-18-8-4-3-7-14-20(16,17)13-9-11(10-15)5-6-12(13)19-2/h5-6,9,14-15H,3-4,7-8,10H2,1-2H3. The number of rotatable bonds is 9. The minimum Gasteiger partial charge on any atom is -0.495 e. The number of unbranched alkanes of at least 4 members (excludes halogenated alkanes) is 1. The lowest BCUT2D eigenvalue weighted by Crippen LogP contribution is -2.25. The number of sulfonamides is 1. The zero-order chi connectivity index (χ0) is 15.0. The van der Waals surface area contributed by atoms with Crippen LogP contribution < -0.4 is 9.46 Å². The number of aliphatic hydroxyl groups is 1. The Morgan fingerprint density at radius 3 is 2.60 bits per heavy atom. The average molecular weight is 303 g/mol. The van der Waals surface area contributed by atoms with Crippen LogP contribution in [0.1, 0.15) is 18.4 Å². The van der Waals surface area contributed by atoms with E-state index in [1.807, 2.05) is 0 Å². The lowest BCUT2D eigenvalue weighted by atomic mass is 10.2. The molecule has 0 aliphatic rings. The van der Waals surface area contributed by atoms with Gasteiger partial charge < -0.3 is 14.6 Å². The first-order valence-electron chi connectivity index (χ1n) is 6.31. The van der Waals surface area contributed by atoms with Crippen molar-refractivity contribution >= 4 is 10.0 Å². The smallest absolute Gasteiger partial charge is 0.244 e. The monoisotopic (exact) mass is 303 g/mol. The van der Waals surface area contributed by atoms with Crippen LogP contribution in [0.5, 0.6) is 5.75 Å². The molecule has 0 aliphatic heterocycles. The molecule has 2 N–H and O–H groups in total. The topological polar surface area (TPSA) is 84.9 Å². The summed E-state index contributed by atoms with van der Waals surface area (Å²) in [7, 11) is -0.635. The molecule has 0 saturated heterocycles. The molecular weight excluding hydrogens is 282 g/mol. The number of ether oxygens (including phenoxy) is 2. The van der Waals surface area contributed by atoms with Crippen LogP contribution in [0, 0.1) is 0 Å². The van der Waals surface area contributed by atoms with Crippen molar-refractivity contribution in [3.8, 4) is 5.75 Å². The highest BCUT2D eigenvalue weighted by Crippen LogP contribution is 2.24. The van der Waals surface area contributed by atoms with E-state index in [2.05, 4.69) is 4.72 Å². The van der Waals surface area contributed by atoms with Gasteiger partial charge >= 0.3 is 0 Å². The summed E-state index contributed by atoms with van der Waals surface area (Å²) >= 11 is 0. The molecular formula is C13H21NO5S. The van der Waals surface area contributed by atoms with Crippen LogP contribution in [-0.2, 0) is 21.4 Å². The molecule has 0 unspecified atom stereocenters. The minimum absolute atomic E-state index is 0.0401. The Balaban J connectivity index is 2.80. The quantitative estimate of drug-likeness (QED) is 0.662. The highest BCUT2D eigenvalue weighted by molar-refractivity contribution is 7.89. The molecule has 20 heavy (non-hydrogen) atoms. The number of methoxy groups -OCH3 is 2. The number of benzene rings is 1. The van der Waals surface area contributed by atoms with Crippen LogP contribution in [0.2, 0.25) is 0 Å². The molecule has 6 nitrogen and oxygen atoms in total. The summed E-state index contributed by atoms with van der Waals surface area (Å²) in [6, 6.07) is 4.57. The summed E-state index contributed by atoms with van der Waals surface area (Å²) in [6.45, 7) is 0.712. The second-order valence-electron chi connectivity index (χ2n) is 4.24. The van der Waals surface area contributed by atoms with Crippen molar-refractivity contribution in [2.24, 2.45) is 0 Å². The van der Waals surface area contributed by atoms with Gasteiger partial charge in [-0.3, -0.25) is 0 Å². The predicted octanol–water partition coefficient (Wildman–Crippen LogP) is 0.892. The highest BCUT2D eigenvalue weighted by Gasteiger charge is 2.19. The van der Waals surface area contributed by atoms with Crippen molar-refractivity contribution < 1.29 is 23.0 Å². The van der Waals surface area contributed by atoms with Gasteiger partial charge in [0, 0.05) is 20.3 Å². The molecule has 0 amide bonds. The molecule has 0 spiro atoms. The maximum Gasteiger partial charge on any atom is 0.244 e. The van der Waals surface area contributed by atoms with Gasteiger partial charge in [-0.25, -0.2) is 13.1 Å². The van der Waals surface area contributed by atoms with Gasteiger partial charge in [-0.05, 0) is 30.5 Å². The fourth-order valence-electron chi connectivity index (χ4n) is 1.69. The Bertz CT molecular complexity index is 515. The molecule has 0 aliphatic carbocycles. The van der Waals surface area contributed by atoms with Crippen molar-refractivity contribution in [3.05, 3.63) is 23.8 Å². The Hall–Kier alpha value is -1.15. The molecule has 0 fully saturated rings. The zero-order valence-electron chi connectivity index (χ0n) is 11.8. The molecule has 1 aromatic rings. The normalized spacial score (nSPS) is 11.6. The highest BCUT2D eigenvalue weighted by atomic mass is 32.2. The molecule has 1 aromatic carbocycles. The van der Waals surface area contributed by atoms with E-state index >= 15 is 0 Å². The largest absolute Gasteiger partial charge is 0.495 e.